The van der Waals surface area contributed by atoms with Crippen molar-refractivity contribution in [2.24, 2.45) is 5.92 Å². The largest absolute Gasteiger partial charge is 3.00 e. The third-order valence-corrected chi connectivity index (χ3v) is 5.13. The zero-order valence-electron chi connectivity index (χ0n) is 28.6. The molecule has 4 heteroatoms. The van der Waals surface area contributed by atoms with Crippen molar-refractivity contribution < 1.29 is 36.9 Å². The van der Waals surface area contributed by atoms with Crippen LogP contribution >= 0.6 is 0 Å². The first-order valence-corrected chi connectivity index (χ1v) is 10.9. The molecule has 0 radical (unpaired) electrons. The molecule has 0 fully saturated rings. The van der Waals surface area contributed by atoms with Gasteiger partial charge < -0.3 is 14.8 Å². The number of rotatable bonds is 5. The quantitative estimate of drug-likeness (QED) is 0.108. The molecule has 0 saturated heterocycles. The summed E-state index contributed by atoms with van der Waals surface area (Å²) in [5, 5.41) is 10.2. The molecule has 0 aliphatic carbocycles. The molecule has 2 heterocycles. The first-order valence-electron chi connectivity index (χ1n) is 15.4. The van der Waals surface area contributed by atoms with Crippen molar-refractivity contribution >= 4 is 27.7 Å². The molecule has 0 saturated carbocycles. The van der Waals surface area contributed by atoms with Crippen LogP contribution in [0.2, 0.25) is 0 Å². The Morgan fingerprint density at radius 2 is 2.00 bits per heavy atom. The van der Waals surface area contributed by atoms with Crippen LogP contribution in [-0.2, 0) is 20.1 Å². The van der Waals surface area contributed by atoms with Crippen LogP contribution in [0.5, 0.6) is 0 Å². The van der Waals surface area contributed by atoms with E-state index < -0.39 is 30.5 Å². The second kappa shape index (κ2) is 12.4. The fraction of sp³-hybridized carbons (Fsp3) is 0.125. The summed E-state index contributed by atoms with van der Waals surface area (Å²) in [6, 6.07) is 15.4. The number of benzene rings is 3. The molecule has 0 N–H and O–H groups in total. The van der Waals surface area contributed by atoms with Gasteiger partial charge in [0.15, 0.2) is 0 Å². The number of nitrogens with zero attached hydrogens (tertiary/aromatic N) is 2. The van der Waals surface area contributed by atoms with E-state index in [1.807, 2.05) is 18.2 Å². The van der Waals surface area contributed by atoms with Gasteiger partial charge in [0.1, 0.15) is 5.58 Å². The van der Waals surface area contributed by atoms with Gasteiger partial charge in [-0.1, -0.05) is 66.7 Å². The molecule has 0 bridgehead atoms. The van der Waals surface area contributed by atoms with Gasteiger partial charge >= 0.3 is 20.1 Å². The van der Waals surface area contributed by atoms with Crippen molar-refractivity contribution in [3.63, 3.8) is 0 Å². The van der Waals surface area contributed by atoms with E-state index in [0.29, 0.717) is 16.9 Å². The van der Waals surface area contributed by atoms with E-state index in [1.54, 1.807) is 18.2 Å². The number of hydrogen-bond acceptors (Lipinski definition) is 2. The van der Waals surface area contributed by atoms with Crippen LogP contribution in [0.25, 0.3) is 38.6 Å². The van der Waals surface area contributed by atoms with Crippen LogP contribution in [0.1, 0.15) is 37.3 Å². The number of furan rings is 1. The Morgan fingerprint density at radius 3 is 2.72 bits per heavy atom. The van der Waals surface area contributed by atoms with Gasteiger partial charge in [0.2, 0.25) is 0 Å². The van der Waals surface area contributed by atoms with E-state index >= 15 is 0 Å². The predicted molar refractivity (Wildman–Crippen MR) is 146 cm³/mol. The van der Waals surface area contributed by atoms with Gasteiger partial charge in [-0.05, 0) is 36.6 Å². The van der Waals surface area contributed by atoms with E-state index in [4.69, 9.17) is 16.8 Å². The van der Waals surface area contributed by atoms with Gasteiger partial charge in [0.25, 0.3) is 0 Å². The second-order valence-electron chi connectivity index (χ2n) is 7.82. The molecule has 0 aliphatic rings. The average Bonchev–Trinajstić information content (AvgIpc) is 3.37. The normalized spacial score (nSPS) is 15.0. The summed E-state index contributed by atoms with van der Waals surface area (Å²) in [5.74, 6) is 0.355. The zero-order chi connectivity index (χ0) is 32.5. The minimum absolute atomic E-state index is 0. The van der Waals surface area contributed by atoms with Crippen LogP contribution in [-0.4, -0.2) is 10.7 Å². The Labute approximate surface area is 239 Å². The summed E-state index contributed by atoms with van der Waals surface area (Å²) in [7, 11) is 0. The molecule has 3 aromatic carbocycles. The Morgan fingerprint density at radius 1 is 1.14 bits per heavy atom. The van der Waals surface area contributed by atoms with Crippen LogP contribution in [0, 0.1) is 24.9 Å². The molecule has 0 spiro atoms. The fourth-order valence-electron chi connectivity index (χ4n) is 3.36. The van der Waals surface area contributed by atoms with Gasteiger partial charge in [-0.25, -0.2) is 5.71 Å². The van der Waals surface area contributed by atoms with E-state index in [1.165, 1.54) is 12.1 Å². The van der Waals surface area contributed by atoms with Gasteiger partial charge in [0.05, 0.1) is 13.8 Å². The van der Waals surface area contributed by atoms with Gasteiger partial charge in [0, 0.05) is 15.7 Å². The minimum atomic E-state index is -2.75. The Hall–Kier alpha value is -3.59. The second-order valence-corrected chi connectivity index (χ2v) is 7.82. The van der Waals surface area contributed by atoms with Crippen molar-refractivity contribution in [1.29, 1.82) is 0 Å². The average molecular weight is 657 g/mol. The summed E-state index contributed by atoms with van der Waals surface area (Å²) < 4.78 is 76.9. The topological polar surface area (TPSA) is 48.3 Å². The van der Waals surface area contributed by atoms with Crippen molar-refractivity contribution in [3.8, 4) is 11.3 Å². The Balaban J connectivity index is 0.000000294. The van der Waals surface area contributed by atoms with Crippen LogP contribution in [0.3, 0.4) is 0 Å². The molecule has 3 nitrogen and oxygen atoms in total. The number of fused-ring (bicyclic) bond motifs is 3. The molecule has 5 rings (SSSR count). The maximum atomic E-state index is 9.83. The van der Waals surface area contributed by atoms with Crippen LogP contribution < -0.4 is 0 Å². The molecular formula is C32H27IrN2O. The SMILES string of the molecule is C=C/C(=C\C(=[N-])c1[c-]cccc1)C(C)C.[2H]c1cc([2H])c([2H])c(-c2[c-]ccc3c2oc2c([2H])c([2H])c(C([2H])([2H])[2H])c([2H])c23)n1.[Ir+3]. The summed E-state index contributed by atoms with van der Waals surface area (Å²) in [6.07, 6.45) is 3.29. The minimum Gasteiger partial charge on any atom is -0.855 e. The zero-order valence-corrected chi connectivity index (χ0v) is 22.0. The smallest absolute Gasteiger partial charge is 0.855 e. The van der Waals surface area contributed by atoms with Crippen molar-refractivity contribution in [2.75, 3.05) is 0 Å². The maximum absolute atomic E-state index is 9.83. The van der Waals surface area contributed by atoms with E-state index in [2.05, 4.69) is 37.5 Å². The standard InChI is InChI=1S/C18H12NO.C14H15N.Ir/c1-12-8-9-17-15(11-12)13-5-4-6-14(18(13)20-17)16-7-2-3-10-19-16;1-4-12(11(2)3)10-14(15)13-8-6-5-7-9-13;/h2-5,7-11H,1H3;4-8,10-11H,1H2,2-3H3;/q-1;-2;+3/b;12-10+;/i1D3,2D,7D,8D,9D,10D,11D;;. The van der Waals surface area contributed by atoms with Gasteiger partial charge in [-0.15, -0.1) is 54.6 Å². The monoisotopic (exact) mass is 657 g/mol. The van der Waals surface area contributed by atoms with Gasteiger partial charge in [-0.3, -0.25) is 0 Å². The first kappa shape index (κ1) is 17.0. The molecular weight excluding hydrogens is 621 g/mol. The van der Waals surface area contributed by atoms with Crippen LogP contribution in [0.4, 0.5) is 0 Å². The molecule has 0 aliphatic heterocycles. The van der Waals surface area contributed by atoms with Crippen molar-refractivity contribution in [3.05, 3.63) is 132 Å². The van der Waals surface area contributed by atoms with Crippen LogP contribution in [0.15, 0.2) is 108 Å². The molecule has 36 heavy (non-hydrogen) atoms. The van der Waals surface area contributed by atoms with Gasteiger partial charge in [-0.2, -0.15) is 5.56 Å². The Kier molecular flexibility index (Phi) is 5.84. The third-order valence-electron chi connectivity index (χ3n) is 5.13. The summed E-state index contributed by atoms with van der Waals surface area (Å²) in [5.41, 5.74) is 1.54. The summed E-state index contributed by atoms with van der Waals surface area (Å²) in [4.78, 5) is 3.99. The van der Waals surface area contributed by atoms with Crippen molar-refractivity contribution in [1.82, 2.24) is 4.98 Å². The summed E-state index contributed by atoms with van der Waals surface area (Å²) >= 11 is 0. The molecule has 2 aromatic heterocycles. The fourth-order valence-corrected chi connectivity index (χ4v) is 3.36. The number of hydrogen-bond donors (Lipinski definition) is 0. The molecule has 0 unspecified atom stereocenters. The number of pyridine rings is 1. The molecule has 5 aromatic rings. The van der Waals surface area contributed by atoms with E-state index in [0.717, 1.165) is 11.6 Å². The van der Waals surface area contributed by atoms with E-state index in [-0.39, 0.29) is 71.9 Å². The number of aromatic nitrogens is 1. The third kappa shape index (κ3) is 6.15. The molecule has 0 atom stereocenters. The molecule has 180 valence electrons. The number of allylic oxidation sites excluding steroid dienone is 3. The predicted octanol–water partition coefficient (Wildman–Crippen LogP) is 8.37. The van der Waals surface area contributed by atoms with Crippen molar-refractivity contribution in [2.45, 2.75) is 20.7 Å². The first-order chi connectivity index (χ1) is 20.7. The van der Waals surface area contributed by atoms with E-state index in [9.17, 15) is 5.41 Å². The maximum Gasteiger partial charge on any atom is 3.00 e. The summed E-state index contributed by atoms with van der Waals surface area (Å²) in [6.45, 7) is 5.11. The molecule has 0 amide bonds. The Bertz CT molecular complexity index is 1930.